The largest absolute Gasteiger partial charge is 0.377 e. The Morgan fingerprint density at radius 3 is 3.05 bits per heavy atom. The highest BCUT2D eigenvalue weighted by Gasteiger charge is 2.26. The molecule has 2 fully saturated rings. The SMILES string of the molecule is CN(CC1CCCCO1)C1CCCN(c2cccnn2)C1. The normalized spacial score (nSPS) is 27.0. The fraction of sp³-hybridized carbons (Fsp3) is 0.750. The number of nitrogens with zero attached hydrogens (tertiary/aromatic N) is 4. The quantitative estimate of drug-likeness (QED) is 0.848. The highest BCUT2D eigenvalue weighted by Crippen LogP contribution is 2.21. The van der Waals surface area contributed by atoms with Gasteiger partial charge in [-0.1, -0.05) is 0 Å². The van der Waals surface area contributed by atoms with Gasteiger partial charge in [0.15, 0.2) is 5.82 Å². The zero-order valence-corrected chi connectivity index (χ0v) is 12.9. The summed E-state index contributed by atoms with van der Waals surface area (Å²) in [6, 6.07) is 4.61. The van der Waals surface area contributed by atoms with Gasteiger partial charge in [-0.15, -0.1) is 5.10 Å². The molecule has 2 atom stereocenters. The molecule has 2 saturated heterocycles. The van der Waals surface area contributed by atoms with Gasteiger partial charge in [0.2, 0.25) is 0 Å². The first-order valence-electron chi connectivity index (χ1n) is 8.17. The average Bonchev–Trinajstić information content (AvgIpc) is 2.57. The summed E-state index contributed by atoms with van der Waals surface area (Å²) < 4.78 is 5.87. The van der Waals surface area contributed by atoms with Gasteiger partial charge in [-0.25, -0.2) is 0 Å². The van der Waals surface area contributed by atoms with E-state index in [1.165, 1.54) is 32.1 Å². The topological polar surface area (TPSA) is 41.5 Å². The van der Waals surface area contributed by atoms with Crippen molar-refractivity contribution in [2.75, 3.05) is 38.2 Å². The first-order valence-corrected chi connectivity index (χ1v) is 8.17. The molecule has 0 N–H and O–H groups in total. The Bertz CT molecular complexity index is 422. The molecule has 2 aliphatic rings. The van der Waals surface area contributed by atoms with Gasteiger partial charge in [-0.2, -0.15) is 5.10 Å². The lowest BCUT2D eigenvalue weighted by Gasteiger charge is -2.39. The predicted molar refractivity (Wildman–Crippen MR) is 83.5 cm³/mol. The van der Waals surface area contributed by atoms with Crippen molar-refractivity contribution in [2.24, 2.45) is 0 Å². The molecule has 0 bridgehead atoms. The van der Waals surface area contributed by atoms with Gasteiger partial charge in [-0.3, -0.25) is 4.90 Å². The van der Waals surface area contributed by atoms with E-state index in [4.69, 9.17) is 4.74 Å². The summed E-state index contributed by atoms with van der Waals surface area (Å²) in [4.78, 5) is 4.85. The second kappa shape index (κ2) is 7.18. The number of hydrogen-bond donors (Lipinski definition) is 0. The number of likely N-dealkylation sites (N-methyl/N-ethyl adjacent to an activating group) is 1. The lowest BCUT2D eigenvalue weighted by atomic mass is 10.0. The van der Waals surface area contributed by atoms with Crippen LogP contribution >= 0.6 is 0 Å². The van der Waals surface area contributed by atoms with E-state index in [-0.39, 0.29) is 0 Å². The van der Waals surface area contributed by atoms with Crippen molar-refractivity contribution in [1.29, 1.82) is 0 Å². The molecule has 3 rings (SSSR count). The van der Waals surface area contributed by atoms with Crippen LogP contribution in [0.2, 0.25) is 0 Å². The lowest BCUT2D eigenvalue weighted by molar-refractivity contribution is -0.00908. The number of rotatable bonds is 4. The van der Waals surface area contributed by atoms with Crippen molar-refractivity contribution in [1.82, 2.24) is 15.1 Å². The second-order valence-corrected chi connectivity index (χ2v) is 6.25. The fourth-order valence-electron chi connectivity index (χ4n) is 3.41. The Hall–Kier alpha value is -1.20. The minimum atomic E-state index is 0.427. The van der Waals surface area contributed by atoms with Crippen molar-refractivity contribution in [2.45, 2.75) is 44.2 Å². The molecule has 1 aromatic rings. The Balaban J connectivity index is 1.55. The lowest BCUT2D eigenvalue weighted by Crippen LogP contribution is -2.49. The molecule has 2 unspecified atom stereocenters. The summed E-state index contributed by atoms with van der Waals surface area (Å²) in [5.41, 5.74) is 0. The van der Waals surface area contributed by atoms with Crippen LogP contribution in [0.3, 0.4) is 0 Å². The van der Waals surface area contributed by atoms with Crippen LogP contribution in [0.15, 0.2) is 18.3 Å². The summed E-state index contributed by atoms with van der Waals surface area (Å²) in [6.07, 6.45) is 8.40. The summed E-state index contributed by atoms with van der Waals surface area (Å²) in [5, 5.41) is 8.24. The van der Waals surface area contributed by atoms with Crippen molar-refractivity contribution < 1.29 is 4.74 Å². The molecule has 0 amide bonds. The number of piperidine rings is 1. The van der Waals surface area contributed by atoms with Crippen molar-refractivity contribution in [3.05, 3.63) is 18.3 Å². The highest BCUT2D eigenvalue weighted by atomic mass is 16.5. The van der Waals surface area contributed by atoms with Gasteiger partial charge in [0.05, 0.1) is 6.10 Å². The molecular formula is C16H26N4O. The van der Waals surface area contributed by atoms with E-state index < -0.39 is 0 Å². The van der Waals surface area contributed by atoms with E-state index in [9.17, 15) is 0 Å². The Morgan fingerprint density at radius 1 is 1.33 bits per heavy atom. The zero-order valence-electron chi connectivity index (χ0n) is 12.9. The first-order chi connectivity index (χ1) is 10.3. The summed E-state index contributed by atoms with van der Waals surface area (Å²) in [6.45, 7) is 4.12. The molecule has 0 aromatic carbocycles. The van der Waals surface area contributed by atoms with Gasteiger partial charge < -0.3 is 9.64 Å². The van der Waals surface area contributed by atoms with Crippen LogP contribution in [-0.2, 0) is 4.74 Å². The van der Waals surface area contributed by atoms with E-state index in [2.05, 4.69) is 33.1 Å². The van der Waals surface area contributed by atoms with E-state index in [1.807, 2.05) is 6.07 Å². The Morgan fingerprint density at radius 2 is 2.29 bits per heavy atom. The molecule has 0 radical (unpaired) electrons. The maximum atomic E-state index is 5.87. The Labute approximate surface area is 127 Å². The monoisotopic (exact) mass is 290 g/mol. The molecule has 5 nitrogen and oxygen atoms in total. The smallest absolute Gasteiger partial charge is 0.151 e. The summed E-state index contributed by atoms with van der Waals surface area (Å²) in [7, 11) is 2.24. The number of anilines is 1. The number of hydrogen-bond acceptors (Lipinski definition) is 5. The third-order valence-electron chi connectivity index (χ3n) is 4.67. The molecule has 21 heavy (non-hydrogen) atoms. The standard InChI is InChI=1S/C16H26N4O/c1-19(13-15-7-2-3-11-21-15)14-6-5-10-20(12-14)16-8-4-9-17-18-16/h4,8-9,14-15H,2-3,5-7,10-13H2,1H3. The van der Waals surface area contributed by atoms with Crippen molar-refractivity contribution in [3.63, 3.8) is 0 Å². The summed E-state index contributed by atoms with van der Waals surface area (Å²) >= 11 is 0. The van der Waals surface area contributed by atoms with Crippen LogP contribution in [0.4, 0.5) is 5.82 Å². The minimum absolute atomic E-state index is 0.427. The first kappa shape index (κ1) is 14.7. The molecule has 116 valence electrons. The number of ether oxygens (including phenoxy) is 1. The molecule has 5 heteroatoms. The fourth-order valence-corrected chi connectivity index (χ4v) is 3.41. The van der Waals surface area contributed by atoms with E-state index in [0.29, 0.717) is 12.1 Å². The van der Waals surface area contributed by atoms with Gasteiger partial charge in [0.25, 0.3) is 0 Å². The van der Waals surface area contributed by atoms with Gasteiger partial charge >= 0.3 is 0 Å². The minimum Gasteiger partial charge on any atom is -0.377 e. The molecule has 0 aliphatic carbocycles. The molecule has 2 aliphatic heterocycles. The molecule has 0 spiro atoms. The zero-order chi connectivity index (χ0) is 14.5. The molecular weight excluding hydrogens is 264 g/mol. The second-order valence-electron chi connectivity index (χ2n) is 6.25. The van der Waals surface area contributed by atoms with Crippen LogP contribution in [0.5, 0.6) is 0 Å². The third kappa shape index (κ3) is 3.92. The van der Waals surface area contributed by atoms with Gasteiger partial charge in [0.1, 0.15) is 0 Å². The third-order valence-corrected chi connectivity index (χ3v) is 4.67. The van der Waals surface area contributed by atoms with Crippen molar-refractivity contribution in [3.8, 4) is 0 Å². The van der Waals surface area contributed by atoms with Crippen LogP contribution in [-0.4, -0.2) is 60.5 Å². The maximum Gasteiger partial charge on any atom is 0.151 e. The van der Waals surface area contributed by atoms with E-state index in [1.54, 1.807) is 6.20 Å². The molecule has 1 aromatic heterocycles. The van der Waals surface area contributed by atoms with Crippen LogP contribution in [0.25, 0.3) is 0 Å². The van der Waals surface area contributed by atoms with Crippen LogP contribution in [0, 0.1) is 0 Å². The van der Waals surface area contributed by atoms with Crippen LogP contribution in [0.1, 0.15) is 32.1 Å². The molecule has 3 heterocycles. The predicted octanol–water partition coefficient (Wildman–Crippen LogP) is 1.95. The van der Waals surface area contributed by atoms with E-state index in [0.717, 1.165) is 32.1 Å². The van der Waals surface area contributed by atoms with Crippen LogP contribution < -0.4 is 4.90 Å². The number of aromatic nitrogens is 2. The maximum absolute atomic E-state index is 5.87. The Kier molecular flexibility index (Phi) is 5.04. The molecule has 0 saturated carbocycles. The van der Waals surface area contributed by atoms with E-state index >= 15 is 0 Å². The highest BCUT2D eigenvalue weighted by molar-refractivity contribution is 5.37. The van der Waals surface area contributed by atoms with Gasteiger partial charge in [-0.05, 0) is 51.3 Å². The van der Waals surface area contributed by atoms with Crippen molar-refractivity contribution >= 4 is 5.82 Å². The average molecular weight is 290 g/mol. The van der Waals surface area contributed by atoms with Gasteiger partial charge in [0, 0.05) is 38.5 Å². The summed E-state index contributed by atoms with van der Waals surface area (Å²) in [5.74, 6) is 1.00.